The van der Waals surface area contributed by atoms with Crippen LogP contribution < -0.4 is 15.4 Å². The van der Waals surface area contributed by atoms with Crippen LogP contribution in [0.15, 0.2) is 48.5 Å². The van der Waals surface area contributed by atoms with Gasteiger partial charge in [0.05, 0.1) is 32.8 Å². The molecule has 0 radical (unpaired) electrons. The second kappa shape index (κ2) is 11.5. The van der Waals surface area contributed by atoms with Crippen LogP contribution in [-0.2, 0) is 27.4 Å². The summed E-state index contributed by atoms with van der Waals surface area (Å²) < 4.78 is 10.6. The molecule has 1 unspecified atom stereocenters. The smallest absolute Gasteiger partial charge is 0.222 e. The Morgan fingerprint density at radius 1 is 1.10 bits per heavy atom. The molecule has 1 saturated heterocycles. The quantitative estimate of drug-likeness (QED) is 0.645. The highest BCUT2D eigenvalue weighted by Gasteiger charge is 2.17. The average molecular weight is 426 g/mol. The molecule has 3 rings (SSSR count). The van der Waals surface area contributed by atoms with Gasteiger partial charge in [-0.3, -0.25) is 14.5 Å². The summed E-state index contributed by atoms with van der Waals surface area (Å²) in [7, 11) is 1.60. The number of hydrogen-bond acceptors (Lipinski definition) is 5. The molecule has 0 aromatic heterocycles. The molecule has 7 heteroatoms. The van der Waals surface area contributed by atoms with Crippen molar-refractivity contribution in [1.29, 1.82) is 0 Å². The Balaban J connectivity index is 1.55. The maximum absolute atomic E-state index is 12.6. The molecule has 1 atom stereocenters. The van der Waals surface area contributed by atoms with Crippen molar-refractivity contribution in [2.24, 2.45) is 0 Å². The van der Waals surface area contributed by atoms with Gasteiger partial charge in [0.2, 0.25) is 11.8 Å². The molecule has 0 aliphatic carbocycles. The van der Waals surface area contributed by atoms with Gasteiger partial charge in [-0.1, -0.05) is 36.4 Å². The van der Waals surface area contributed by atoms with Crippen molar-refractivity contribution in [2.45, 2.75) is 32.5 Å². The van der Waals surface area contributed by atoms with Crippen LogP contribution in [0, 0.1) is 0 Å². The molecule has 0 spiro atoms. The number of carbonyl (C=O) groups excluding carboxylic acids is 2. The Morgan fingerprint density at radius 3 is 2.48 bits per heavy atom. The fourth-order valence-corrected chi connectivity index (χ4v) is 3.65. The van der Waals surface area contributed by atoms with Crippen molar-refractivity contribution in [3.8, 4) is 5.75 Å². The summed E-state index contributed by atoms with van der Waals surface area (Å²) in [6, 6.07) is 15.2. The van der Waals surface area contributed by atoms with E-state index in [2.05, 4.69) is 27.7 Å². The van der Waals surface area contributed by atoms with E-state index in [0.717, 1.165) is 49.7 Å². The third-order valence-corrected chi connectivity index (χ3v) is 5.28. The van der Waals surface area contributed by atoms with Crippen LogP contribution in [0.25, 0.3) is 0 Å². The largest absolute Gasteiger partial charge is 0.497 e. The molecule has 2 amide bonds. The van der Waals surface area contributed by atoms with Crippen LogP contribution in [0.4, 0.5) is 0 Å². The highest BCUT2D eigenvalue weighted by atomic mass is 16.5. The van der Waals surface area contributed by atoms with Gasteiger partial charge in [0.25, 0.3) is 0 Å². The fraction of sp³-hybridized carbons (Fsp3) is 0.417. The second-order valence-electron chi connectivity index (χ2n) is 7.72. The molecule has 2 aromatic carbocycles. The SMILES string of the molecule is COc1ccc(C(CC(=O)NCc2cccc(CN3CCOCC3)c2)NC(C)=O)cc1. The minimum atomic E-state index is -0.393. The summed E-state index contributed by atoms with van der Waals surface area (Å²) in [5.74, 6) is 0.435. The number of nitrogens with one attached hydrogen (secondary N) is 2. The van der Waals surface area contributed by atoms with Crippen molar-refractivity contribution in [3.63, 3.8) is 0 Å². The molecular weight excluding hydrogens is 394 g/mol. The number of morpholine rings is 1. The lowest BCUT2D eigenvalue weighted by Crippen LogP contribution is -2.35. The summed E-state index contributed by atoms with van der Waals surface area (Å²) in [4.78, 5) is 26.6. The predicted octanol–water partition coefficient (Wildman–Crippen LogP) is 2.41. The number of amides is 2. The number of methoxy groups -OCH3 is 1. The Morgan fingerprint density at radius 2 is 1.81 bits per heavy atom. The van der Waals surface area contributed by atoms with Crippen LogP contribution in [0.1, 0.15) is 36.1 Å². The summed E-state index contributed by atoms with van der Waals surface area (Å²) in [5.41, 5.74) is 3.14. The third-order valence-electron chi connectivity index (χ3n) is 5.28. The van der Waals surface area contributed by atoms with Gasteiger partial charge in [-0.15, -0.1) is 0 Å². The third kappa shape index (κ3) is 7.38. The maximum atomic E-state index is 12.6. The topological polar surface area (TPSA) is 79.9 Å². The van der Waals surface area contributed by atoms with Gasteiger partial charge in [0, 0.05) is 33.1 Å². The number of carbonyl (C=O) groups is 2. The molecule has 2 N–H and O–H groups in total. The molecule has 1 aliphatic rings. The average Bonchev–Trinajstić information content (AvgIpc) is 2.78. The van der Waals surface area contributed by atoms with Crippen molar-refractivity contribution in [3.05, 3.63) is 65.2 Å². The van der Waals surface area contributed by atoms with E-state index in [0.29, 0.717) is 6.54 Å². The highest BCUT2D eigenvalue weighted by molar-refractivity contribution is 5.79. The van der Waals surface area contributed by atoms with E-state index in [1.165, 1.54) is 12.5 Å². The first-order chi connectivity index (χ1) is 15.0. The number of benzene rings is 2. The molecular formula is C24H31N3O4. The van der Waals surface area contributed by atoms with Gasteiger partial charge in [-0.2, -0.15) is 0 Å². The van der Waals surface area contributed by atoms with E-state index in [9.17, 15) is 9.59 Å². The minimum absolute atomic E-state index is 0.117. The molecule has 0 saturated carbocycles. The van der Waals surface area contributed by atoms with Crippen molar-refractivity contribution in [1.82, 2.24) is 15.5 Å². The normalized spacial score (nSPS) is 15.2. The van der Waals surface area contributed by atoms with Crippen LogP contribution in [0.5, 0.6) is 5.75 Å². The monoisotopic (exact) mass is 425 g/mol. The molecule has 1 aliphatic heterocycles. The van der Waals surface area contributed by atoms with Gasteiger partial charge < -0.3 is 20.1 Å². The maximum Gasteiger partial charge on any atom is 0.222 e. The van der Waals surface area contributed by atoms with Crippen LogP contribution in [-0.4, -0.2) is 50.1 Å². The van der Waals surface area contributed by atoms with E-state index in [1.807, 2.05) is 36.4 Å². The zero-order chi connectivity index (χ0) is 22.1. The van der Waals surface area contributed by atoms with Crippen LogP contribution in [0.3, 0.4) is 0 Å². The molecule has 1 heterocycles. The van der Waals surface area contributed by atoms with E-state index < -0.39 is 6.04 Å². The van der Waals surface area contributed by atoms with Crippen molar-refractivity contribution < 1.29 is 19.1 Å². The molecule has 2 aromatic rings. The lowest BCUT2D eigenvalue weighted by atomic mass is 10.0. The van der Waals surface area contributed by atoms with Gasteiger partial charge >= 0.3 is 0 Å². The van der Waals surface area contributed by atoms with Gasteiger partial charge in [0.1, 0.15) is 5.75 Å². The second-order valence-corrected chi connectivity index (χ2v) is 7.72. The first-order valence-electron chi connectivity index (χ1n) is 10.6. The summed E-state index contributed by atoms with van der Waals surface area (Å²) >= 11 is 0. The Bertz CT molecular complexity index is 863. The van der Waals surface area contributed by atoms with Crippen molar-refractivity contribution >= 4 is 11.8 Å². The van der Waals surface area contributed by atoms with Gasteiger partial charge in [-0.05, 0) is 28.8 Å². The van der Waals surface area contributed by atoms with Crippen molar-refractivity contribution in [2.75, 3.05) is 33.4 Å². The lowest BCUT2D eigenvalue weighted by molar-refractivity contribution is -0.122. The summed E-state index contributed by atoms with van der Waals surface area (Å²) in [5, 5.41) is 5.84. The number of ether oxygens (including phenoxy) is 2. The zero-order valence-corrected chi connectivity index (χ0v) is 18.2. The van der Waals surface area contributed by atoms with E-state index in [4.69, 9.17) is 9.47 Å². The van der Waals surface area contributed by atoms with Gasteiger partial charge in [-0.25, -0.2) is 0 Å². The van der Waals surface area contributed by atoms with Gasteiger partial charge in [0.15, 0.2) is 0 Å². The first-order valence-corrected chi connectivity index (χ1v) is 10.6. The summed E-state index contributed by atoms with van der Waals surface area (Å²) in [6.07, 6.45) is 0.166. The Kier molecular flexibility index (Phi) is 8.44. The minimum Gasteiger partial charge on any atom is -0.497 e. The van der Waals surface area contributed by atoms with E-state index >= 15 is 0 Å². The molecule has 1 fully saturated rings. The summed E-state index contributed by atoms with van der Waals surface area (Å²) in [6.45, 7) is 6.22. The fourth-order valence-electron chi connectivity index (χ4n) is 3.65. The molecule has 0 bridgehead atoms. The highest BCUT2D eigenvalue weighted by Crippen LogP contribution is 2.20. The van der Waals surface area contributed by atoms with Crippen LogP contribution in [0.2, 0.25) is 0 Å². The zero-order valence-electron chi connectivity index (χ0n) is 18.2. The molecule has 7 nitrogen and oxygen atoms in total. The molecule has 31 heavy (non-hydrogen) atoms. The predicted molar refractivity (Wildman–Crippen MR) is 119 cm³/mol. The lowest BCUT2D eigenvalue weighted by Gasteiger charge is -2.26. The van der Waals surface area contributed by atoms with E-state index in [-0.39, 0.29) is 18.2 Å². The standard InChI is InChI=1S/C24H31N3O4/c1-18(28)26-23(21-6-8-22(30-2)9-7-21)15-24(29)25-16-19-4-3-5-20(14-19)17-27-10-12-31-13-11-27/h3-9,14,23H,10-13,15-17H2,1-2H3,(H,25,29)(H,26,28). The van der Waals surface area contributed by atoms with E-state index in [1.54, 1.807) is 7.11 Å². The molecule has 166 valence electrons. The number of rotatable bonds is 9. The first kappa shape index (κ1) is 22.8. The number of nitrogens with zero attached hydrogens (tertiary/aromatic N) is 1. The number of hydrogen-bond donors (Lipinski definition) is 2. The Labute approximate surface area is 183 Å². The Hall–Kier alpha value is -2.90. The van der Waals surface area contributed by atoms with Crippen LogP contribution >= 0.6 is 0 Å².